The molecule has 0 heterocycles. The summed E-state index contributed by atoms with van der Waals surface area (Å²) in [7, 11) is -1.10. The fourth-order valence-corrected chi connectivity index (χ4v) is 3.63. The monoisotopic (exact) mass is 326 g/mol. The van der Waals surface area contributed by atoms with Crippen molar-refractivity contribution < 1.29 is 22.4 Å². The van der Waals surface area contributed by atoms with Crippen molar-refractivity contribution in [3.05, 3.63) is 42.5 Å². The van der Waals surface area contributed by atoms with Crippen molar-refractivity contribution in [3.63, 3.8) is 0 Å². The summed E-state index contributed by atoms with van der Waals surface area (Å²) in [6.07, 6.45) is 0. The Bertz CT molecular complexity index is 726. The van der Waals surface area contributed by atoms with Crippen molar-refractivity contribution >= 4 is 29.3 Å². The zero-order valence-corrected chi connectivity index (χ0v) is 13.3. The summed E-state index contributed by atoms with van der Waals surface area (Å²) in [6, 6.07) is 12.2. The van der Waals surface area contributed by atoms with Gasteiger partial charge in [0.15, 0.2) is 0 Å². The Kier molecular flexibility index (Phi) is 4.83. The van der Waals surface area contributed by atoms with E-state index in [-0.39, 0.29) is 19.2 Å². The highest BCUT2D eigenvalue weighted by Gasteiger charge is 2.17. The molecular weight excluding hydrogens is 311 g/mol. The fraction of sp³-hybridized carbons (Fsp3) is 0.143. The van der Waals surface area contributed by atoms with Crippen LogP contribution in [-0.4, -0.2) is 27.2 Å². The SMILES string of the molecule is COc1ccc(Pc2ccc(OC)c(S(=O)(=O)O)c2)cc1. The molecule has 2 aromatic carbocycles. The van der Waals surface area contributed by atoms with Crippen molar-refractivity contribution in [3.8, 4) is 11.5 Å². The smallest absolute Gasteiger partial charge is 0.298 e. The first kappa shape index (κ1) is 15.8. The molecule has 0 saturated carbocycles. The summed E-state index contributed by atoms with van der Waals surface area (Å²) in [5, 5.41) is 1.82. The Hall–Kier alpha value is -1.62. The van der Waals surface area contributed by atoms with Gasteiger partial charge in [-0.2, -0.15) is 8.42 Å². The molecule has 0 fully saturated rings. The molecule has 7 heteroatoms. The molecule has 0 radical (unpaired) electrons. The minimum Gasteiger partial charge on any atom is -0.497 e. The molecule has 5 nitrogen and oxygen atoms in total. The second-order valence-electron chi connectivity index (χ2n) is 4.19. The molecule has 2 rings (SSSR count). The van der Waals surface area contributed by atoms with E-state index in [4.69, 9.17) is 9.47 Å². The molecule has 0 aromatic heterocycles. The first-order valence-corrected chi connectivity index (χ1v) is 8.44. The maximum Gasteiger partial charge on any atom is 0.298 e. The summed E-state index contributed by atoms with van der Waals surface area (Å²) in [6.45, 7) is 0. The van der Waals surface area contributed by atoms with E-state index in [0.717, 1.165) is 16.4 Å². The quantitative estimate of drug-likeness (QED) is 0.667. The predicted molar refractivity (Wildman–Crippen MR) is 83.4 cm³/mol. The largest absolute Gasteiger partial charge is 0.497 e. The lowest BCUT2D eigenvalue weighted by atomic mass is 10.3. The van der Waals surface area contributed by atoms with Gasteiger partial charge in [-0.25, -0.2) is 0 Å². The third-order valence-electron chi connectivity index (χ3n) is 2.82. The second-order valence-corrected chi connectivity index (χ2v) is 6.99. The van der Waals surface area contributed by atoms with E-state index in [2.05, 4.69) is 0 Å². The van der Waals surface area contributed by atoms with Gasteiger partial charge in [0.25, 0.3) is 10.1 Å². The maximum absolute atomic E-state index is 11.4. The van der Waals surface area contributed by atoms with Gasteiger partial charge < -0.3 is 9.47 Å². The van der Waals surface area contributed by atoms with Crippen LogP contribution in [0, 0.1) is 0 Å². The number of methoxy groups -OCH3 is 2. The summed E-state index contributed by atoms with van der Waals surface area (Å²) >= 11 is 0. The Morgan fingerprint density at radius 2 is 1.57 bits per heavy atom. The van der Waals surface area contributed by atoms with E-state index in [0.29, 0.717) is 0 Å². The van der Waals surface area contributed by atoms with Crippen LogP contribution in [0.2, 0.25) is 0 Å². The normalized spacial score (nSPS) is 11.8. The standard InChI is InChI=1S/C14H15O5PS/c1-18-10-3-5-11(6-4-10)20-12-7-8-13(19-2)14(9-12)21(15,16)17/h3-9,20H,1-2H3,(H,15,16,17). The van der Waals surface area contributed by atoms with Gasteiger partial charge in [0.2, 0.25) is 0 Å². The molecule has 21 heavy (non-hydrogen) atoms. The summed E-state index contributed by atoms with van der Waals surface area (Å²) in [5.41, 5.74) is 0. The van der Waals surface area contributed by atoms with Crippen LogP contribution in [0.5, 0.6) is 11.5 Å². The lowest BCUT2D eigenvalue weighted by Gasteiger charge is -2.09. The van der Waals surface area contributed by atoms with Gasteiger partial charge in [-0.1, -0.05) is 26.8 Å². The lowest BCUT2D eigenvalue weighted by Crippen LogP contribution is -2.08. The highest BCUT2D eigenvalue weighted by atomic mass is 32.2. The Labute approximate surface area is 125 Å². The van der Waals surface area contributed by atoms with Crippen LogP contribution in [0.15, 0.2) is 47.4 Å². The van der Waals surface area contributed by atoms with Crippen LogP contribution in [0.25, 0.3) is 0 Å². The molecule has 0 aliphatic carbocycles. The van der Waals surface area contributed by atoms with Crippen LogP contribution >= 0.6 is 8.58 Å². The topological polar surface area (TPSA) is 72.8 Å². The third-order valence-corrected chi connectivity index (χ3v) is 4.92. The number of hydrogen-bond acceptors (Lipinski definition) is 4. The van der Waals surface area contributed by atoms with Gasteiger partial charge in [0.05, 0.1) is 14.2 Å². The van der Waals surface area contributed by atoms with Gasteiger partial charge in [0.1, 0.15) is 16.4 Å². The van der Waals surface area contributed by atoms with Crippen molar-refractivity contribution in [1.29, 1.82) is 0 Å². The van der Waals surface area contributed by atoms with E-state index >= 15 is 0 Å². The Morgan fingerprint density at radius 3 is 2.10 bits per heavy atom. The van der Waals surface area contributed by atoms with Crippen molar-refractivity contribution in [2.45, 2.75) is 4.90 Å². The van der Waals surface area contributed by atoms with E-state index in [1.165, 1.54) is 19.2 Å². The molecule has 0 saturated heterocycles. The molecule has 1 unspecified atom stereocenters. The summed E-state index contributed by atoms with van der Waals surface area (Å²) in [5.74, 6) is 0.887. The second kappa shape index (κ2) is 6.43. The van der Waals surface area contributed by atoms with E-state index in [1.807, 2.05) is 24.3 Å². The number of hydrogen-bond donors (Lipinski definition) is 1. The molecule has 1 atom stereocenters. The van der Waals surface area contributed by atoms with Crippen LogP contribution in [0.1, 0.15) is 0 Å². The fourth-order valence-electron chi connectivity index (χ4n) is 1.80. The van der Waals surface area contributed by atoms with E-state index < -0.39 is 10.1 Å². The van der Waals surface area contributed by atoms with Gasteiger partial charge in [-0.3, -0.25) is 4.55 Å². The molecule has 112 valence electrons. The Balaban J connectivity index is 2.32. The first-order chi connectivity index (χ1) is 9.94. The van der Waals surface area contributed by atoms with Crippen LogP contribution in [0.3, 0.4) is 0 Å². The number of rotatable bonds is 5. The number of benzene rings is 2. The zero-order chi connectivity index (χ0) is 15.5. The van der Waals surface area contributed by atoms with E-state index in [9.17, 15) is 13.0 Å². The highest BCUT2D eigenvalue weighted by molar-refractivity contribution is 7.86. The van der Waals surface area contributed by atoms with Gasteiger partial charge in [0, 0.05) is 0 Å². The third kappa shape index (κ3) is 3.94. The molecular formula is C14H15O5PS. The van der Waals surface area contributed by atoms with Crippen LogP contribution in [0.4, 0.5) is 0 Å². The van der Waals surface area contributed by atoms with E-state index in [1.54, 1.807) is 13.2 Å². The average molecular weight is 326 g/mol. The van der Waals surface area contributed by atoms with Gasteiger partial charge in [-0.15, -0.1) is 0 Å². The van der Waals surface area contributed by atoms with Crippen molar-refractivity contribution in [2.75, 3.05) is 14.2 Å². The molecule has 0 amide bonds. The van der Waals surface area contributed by atoms with Crippen LogP contribution < -0.4 is 20.1 Å². The lowest BCUT2D eigenvalue weighted by molar-refractivity contribution is 0.398. The summed E-state index contributed by atoms with van der Waals surface area (Å²) in [4.78, 5) is -0.219. The molecule has 2 aromatic rings. The average Bonchev–Trinajstić information content (AvgIpc) is 2.47. The van der Waals surface area contributed by atoms with Crippen molar-refractivity contribution in [1.82, 2.24) is 0 Å². The summed E-state index contributed by atoms with van der Waals surface area (Å²) < 4.78 is 42.0. The van der Waals surface area contributed by atoms with Crippen LogP contribution in [-0.2, 0) is 10.1 Å². The predicted octanol–water partition coefficient (Wildman–Crippen LogP) is 1.58. The minimum atomic E-state index is -4.31. The maximum atomic E-state index is 11.4. The zero-order valence-electron chi connectivity index (χ0n) is 11.5. The number of ether oxygens (including phenoxy) is 2. The molecule has 0 bridgehead atoms. The first-order valence-electron chi connectivity index (χ1n) is 6.00. The molecule has 0 spiro atoms. The minimum absolute atomic E-state index is 0.126. The van der Waals surface area contributed by atoms with Crippen molar-refractivity contribution in [2.24, 2.45) is 0 Å². The molecule has 0 aliphatic heterocycles. The molecule has 1 N–H and O–H groups in total. The van der Waals surface area contributed by atoms with Gasteiger partial charge in [-0.05, 0) is 34.9 Å². The van der Waals surface area contributed by atoms with Gasteiger partial charge >= 0.3 is 0 Å². The highest BCUT2D eigenvalue weighted by Crippen LogP contribution is 2.24. The Morgan fingerprint density at radius 1 is 0.952 bits per heavy atom. The molecule has 0 aliphatic rings.